The van der Waals surface area contributed by atoms with Gasteiger partial charge < -0.3 is 5.11 Å². The molecule has 1 aliphatic rings. The van der Waals surface area contributed by atoms with Crippen molar-refractivity contribution >= 4 is 11.5 Å². The van der Waals surface area contributed by atoms with Crippen LogP contribution in [0.4, 0.5) is 0 Å². The van der Waals surface area contributed by atoms with E-state index in [0.717, 1.165) is 24.0 Å². The standard InChI is InChI=1S/C16H20O2/c1-11-7-8-14(12(2)9-11)15(10-16(17)18)13-5-3-4-6-13/h7-10,13H,3-6H2,1-2H3,(H,17,18)/b15-10+. The number of carboxylic acid groups (broad SMARTS) is 1. The monoisotopic (exact) mass is 244 g/mol. The molecule has 0 atom stereocenters. The van der Waals surface area contributed by atoms with Gasteiger partial charge in [-0.1, -0.05) is 36.6 Å². The number of carbonyl (C=O) groups is 1. The molecule has 2 rings (SSSR count). The Morgan fingerprint density at radius 2 is 1.94 bits per heavy atom. The maximum atomic E-state index is 11.0. The molecule has 18 heavy (non-hydrogen) atoms. The molecule has 1 aliphatic carbocycles. The number of allylic oxidation sites excluding steroid dienone is 1. The van der Waals surface area contributed by atoms with Crippen molar-refractivity contribution in [2.45, 2.75) is 39.5 Å². The first-order valence-corrected chi connectivity index (χ1v) is 6.60. The maximum Gasteiger partial charge on any atom is 0.328 e. The van der Waals surface area contributed by atoms with Crippen LogP contribution in [0.25, 0.3) is 5.57 Å². The van der Waals surface area contributed by atoms with Gasteiger partial charge in [0.1, 0.15) is 0 Å². The van der Waals surface area contributed by atoms with E-state index in [0.29, 0.717) is 5.92 Å². The topological polar surface area (TPSA) is 37.3 Å². The first-order valence-electron chi connectivity index (χ1n) is 6.60. The van der Waals surface area contributed by atoms with Crippen LogP contribution >= 0.6 is 0 Å². The molecule has 1 N–H and O–H groups in total. The highest BCUT2D eigenvalue weighted by Crippen LogP contribution is 2.37. The summed E-state index contributed by atoms with van der Waals surface area (Å²) in [6, 6.07) is 6.25. The molecule has 0 radical (unpaired) electrons. The van der Waals surface area contributed by atoms with Crippen molar-refractivity contribution in [1.29, 1.82) is 0 Å². The van der Waals surface area contributed by atoms with E-state index in [9.17, 15) is 4.79 Å². The predicted molar refractivity (Wildman–Crippen MR) is 73.5 cm³/mol. The van der Waals surface area contributed by atoms with Gasteiger partial charge in [-0.3, -0.25) is 0 Å². The van der Waals surface area contributed by atoms with Gasteiger partial charge >= 0.3 is 5.97 Å². The van der Waals surface area contributed by atoms with Gasteiger partial charge in [-0.05, 0) is 49.3 Å². The Bertz CT molecular complexity index is 480. The molecule has 0 heterocycles. The minimum atomic E-state index is -0.836. The Morgan fingerprint density at radius 1 is 1.28 bits per heavy atom. The number of hydrogen-bond donors (Lipinski definition) is 1. The van der Waals surface area contributed by atoms with Gasteiger partial charge in [0.05, 0.1) is 0 Å². The number of hydrogen-bond acceptors (Lipinski definition) is 1. The Balaban J connectivity index is 2.42. The molecule has 0 aliphatic heterocycles. The van der Waals surface area contributed by atoms with E-state index in [1.54, 1.807) is 0 Å². The first-order chi connectivity index (χ1) is 8.58. The summed E-state index contributed by atoms with van der Waals surface area (Å²) in [4.78, 5) is 11.0. The van der Waals surface area contributed by atoms with Crippen LogP contribution in [-0.2, 0) is 4.79 Å². The molecule has 0 aromatic heterocycles. The molecule has 0 saturated heterocycles. The molecular formula is C16H20O2. The number of benzene rings is 1. The summed E-state index contributed by atoms with van der Waals surface area (Å²) in [5, 5.41) is 9.07. The second-order valence-electron chi connectivity index (χ2n) is 5.24. The van der Waals surface area contributed by atoms with Gasteiger partial charge in [-0.15, -0.1) is 0 Å². The van der Waals surface area contributed by atoms with Crippen molar-refractivity contribution in [3.63, 3.8) is 0 Å². The van der Waals surface area contributed by atoms with Crippen molar-refractivity contribution < 1.29 is 9.90 Å². The summed E-state index contributed by atoms with van der Waals surface area (Å²) < 4.78 is 0. The summed E-state index contributed by atoms with van der Waals surface area (Å²) in [6.07, 6.45) is 6.07. The van der Waals surface area contributed by atoms with E-state index in [2.05, 4.69) is 32.0 Å². The first kappa shape index (κ1) is 12.9. The van der Waals surface area contributed by atoms with Crippen molar-refractivity contribution in [3.8, 4) is 0 Å². The molecule has 1 saturated carbocycles. The number of aryl methyl sites for hydroxylation is 2. The van der Waals surface area contributed by atoms with E-state index < -0.39 is 5.97 Å². The molecular weight excluding hydrogens is 224 g/mol. The molecule has 0 bridgehead atoms. The Labute approximate surface area is 108 Å². The zero-order chi connectivity index (χ0) is 13.1. The molecule has 0 amide bonds. The van der Waals surface area contributed by atoms with Gasteiger partial charge in [-0.2, -0.15) is 0 Å². The lowest BCUT2D eigenvalue weighted by molar-refractivity contribution is -0.131. The molecule has 2 nitrogen and oxygen atoms in total. The van der Waals surface area contributed by atoms with Crippen molar-refractivity contribution in [2.75, 3.05) is 0 Å². The van der Waals surface area contributed by atoms with Gasteiger partial charge in [0.15, 0.2) is 0 Å². The van der Waals surface area contributed by atoms with E-state index in [4.69, 9.17) is 5.11 Å². The summed E-state index contributed by atoms with van der Waals surface area (Å²) in [7, 11) is 0. The zero-order valence-electron chi connectivity index (χ0n) is 11.1. The second-order valence-corrected chi connectivity index (χ2v) is 5.24. The fourth-order valence-corrected chi connectivity index (χ4v) is 2.92. The number of aliphatic carboxylic acids is 1. The Kier molecular flexibility index (Phi) is 3.85. The third-order valence-corrected chi connectivity index (χ3v) is 3.77. The smallest absolute Gasteiger partial charge is 0.328 e. The van der Waals surface area contributed by atoms with Gasteiger partial charge in [0, 0.05) is 6.08 Å². The highest BCUT2D eigenvalue weighted by Gasteiger charge is 2.22. The van der Waals surface area contributed by atoms with Crippen LogP contribution in [0.1, 0.15) is 42.4 Å². The van der Waals surface area contributed by atoms with Crippen molar-refractivity contribution in [1.82, 2.24) is 0 Å². The average molecular weight is 244 g/mol. The summed E-state index contributed by atoms with van der Waals surface area (Å²) in [5.74, 6) is -0.417. The SMILES string of the molecule is Cc1ccc(/C(=C/C(=O)O)C2CCCC2)c(C)c1. The fraction of sp³-hybridized carbons (Fsp3) is 0.438. The minimum Gasteiger partial charge on any atom is -0.478 e. The molecule has 0 spiro atoms. The Hall–Kier alpha value is -1.57. The van der Waals surface area contributed by atoms with Crippen LogP contribution in [0.3, 0.4) is 0 Å². The molecule has 96 valence electrons. The van der Waals surface area contributed by atoms with E-state index in [1.165, 1.54) is 30.0 Å². The van der Waals surface area contributed by atoms with Crippen LogP contribution < -0.4 is 0 Å². The summed E-state index contributed by atoms with van der Waals surface area (Å²) >= 11 is 0. The van der Waals surface area contributed by atoms with Crippen LogP contribution in [0, 0.1) is 19.8 Å². The lowest BCUT2D eigenvalue weighted by Gasteiger charge is -2.17. The highest BCUT2D eigenvalue weighted by atomic mass is 16.4. The van der Waals surface area contributed by atoms with E-state index in [1.807, 2.05) is 0 Å². The van der Waals surface area contributed by atoms with Crippen LogP contribution in [0.5, 0.6) is 0 Å². The predicted octanol–water partition coefficient (Wildman–Crippen LogP) is 3.96. The average Bonchev–Trinajstić information content (AvgIpc) is 2.79. The van der Waals surface area contributed by atoms with Crippen LogP contribution in [0.2, 0.25) is 0 Å². The zero-order valence-corrected chi connectivity index (χ0v) is 11.1. The van der Waals surface area contributed by atoms with Crippen molar-refractivity contribution in [2.24, 2.45) is 5.92 Å². The van der Waals surface area contributed by atoms with Gasteiger partial charge in [0.2, 0.25) is 0 Å². The third kappa shape index (κ3) is 2.81. The van der Waals surface area contributed by atoms with Gasteiger partial charge in [-0.25, -0.2) is 4.79 Å². The normalized spacial score (nSPS) is 17.1. The second kappa shape index (κ2) is 5.38. The van der Waals surface area contributed by atoms with Crippen LogP contribution in [-0.4, -0.2) is 11.1 Å². The largest absolute Gasteiger partial charge is 0.478 e. The van der Waals surface area contributed by atoms with Crippen LogP contribution in [0.15, 0.2) is 24.3 Å². The summed E-state index contributed by atoms with van der Waals surface area (Å²) in [6.45, 7) is 4.12. The number of carboxylic acids is 1. The molecule has 1 fully saturated rings. The molecule has 2 heteroatoms. The maximum absolute atomic E-state index is 11.0. The Morgan fingerprint density at radius 3 is 2.50 bits per heavy atom. The van der Waals surface area contributed by atoms with E-state index in [-0.39, 0.29) is 0 Å². The minimum absolute atomic E-state index is 0.419. The van der Waals surface area contributed by atoms with Gasteiger partial charge in [0.25, 0.3) is 0 Å². The van der Waals surface area contributed by atoms with Crippen molar-refractivity contribution in [3.05, 3.63) is 41.0 Å². The highest BCUT2D eigenvalue weighted by molar-refractivity contribution is 5.91. The molecule has 0 unspecified atom stereocenters. The number of rotatable bonds is 3. The lowest BCUT2D eigenvalue weighted by Crippen LogP contribution is -2.03. The molecule has 1 aromatic rings. The summed E-state index contributed by atoms with van der Waals surface area (Å²) in [5.41, 5.74) is 4.51. The quantitative estimate of drug-likeness (QED) is 0.817. The van der Waals surface area contributed by atoms with E-state index >= 15 is 0 Å². The fourth-order valence-electron chi connectivity index (χ4n) is 2.92. The lowest BCUT2D eigenvalue weighted by atomic mass is 9.88. The third-order valence-electron chi connectivity index (χ3n) is 3.77. The molecule has 1 aromatic carbocycles.